The van der Waals surface area contributed by atoms with E-state index in [1.807, 2.05) is 12.3 Å². The fourth-order valence-electron chi connectivity index (χ4n) is 1.47. The summed E-state index contributed by atoms with van der Waals surface area (Å²) in [6, 6.07) is 4.66. The third-order valence-electron chi connectivity index (χ3n) is 2.35. The van der Waals surface area contributed by atoms with Gasteiger partial charge >= 0.3 is 0 Å². The highest BCUT2D eigenvalue weighted by molar-refractivity contribution is 7.80. The average Bonchev–Trinajstić information content (AvgIpc) is 2.73. The predicted molar refractivity (Wildman–Crippen MR) is 76.5 cm³/mol. The molecule has 0 unspecified atom stereocenters. The lowest BCUT2D eigenvalue weighted by atomic mass is 10.2. The van der Waals surface area contributed by atoms with E-state index in [9.17, 15) is 4.39 Å². The molecule has 6 heteroatoms. The first-order valence-electron chi connectivity index (χ1n) is 5.30. The Morgan fingerprint density at radius 2 is 2.33 bits per heavy atom. The number of nitrogens with zero attached hydrogens (tertiary/aromatic N) is 1. The fourth-order valence-corrected chi connectivity index (χ4v) is 2.30. The summed E-state index contributed by atoms with van der Waals surface area (Å²) in [7, 11) is 0. The highest BCUT2D eigenvalue weighted by Gasteiger charge is 2.06. The summed E-state index contributed by atoms with van der Waals surface area (Å²) in [6.07, 6.45) is 0. The molecule has 0 fully saturated rings. The monoisotopic (exact) mass is 281 g/mol. The largest absolute Gasteiger partial charge is 0.389 e. The average molecular weight is 281 g/mol. The number of nitrogens with one attached hydrogen (secondary N) is 1. The second kappa shape index (κ2) is 5.41. The van der Waals surface area contributed by atoms with Crippen molar-refractivity contribution in [3.8, 4) is 0 Å². The molecule has 2 rings (SSSR count). The lowest BCUT2D eigenvalue weighted by Gasteiger charge is -2.07. The van der Waals surface area contributed by atoms with Crippen molar-refractivity contribution in [2.24, 2.45) is 5.73 Å². The van der Waals surface area contributed by atoms with E-state index in [1.54, 1.807) is 23.5 Å². The molecule has 18 heavy (non-hydrogen) atoms. The maximum absolute atomic E-state index is 13.7. The molecule has 0 spiro atoms. The molecule has 0 radical (unpaired) electrons. The van der Waals surface area contributed by atoms with Gasteiger partial charge in [0.15, 0.2) is 0 Å². The lowest BCUT2D eigenvalue weighted by molar-refractivity contribution is 0.630. The molecule has 0 aliphatic carbocycles. The van der Waals surface area contributed by atoms with Crippen LogP contribution in [0.1, 0.15) is 16.3 Å². The molecule has 0 saturated heterocycles. The van der Waals surface area contributed by atoms with Gasteiger partial charge in [-0.25, -0.2) is 9.37 Å². The Kier molecular flexibility index (Phi) is 3.88. The molecule has 0 aliphatic rings. The van der Waals surface area contributed by atoms with Crippen molar-refractivity contribution in [2.75, 3.05) is 5.32 Å². The van der Waals surface area contributed by atoms with Gasteiger partial charge in [0.05, 0.1) is 12.2 Å². The van der Waals surface area contributed by atoms with Crippen LogP contribution in [0.4, 0.5) is 10.1 Å². The summed E-state index contributed by atoms with van der Waals surface area (Å²) in [4.78, 5) is 4.48. The molecule has 1 aromatic carbocycles. The Bertz CT molecular complexity index is 580. The number of rotatable bonds is 4. The third-order valence-corrected chi connectivity index (χ3v) is 3.55. The van der Waals surface area contributed by atoms with Crippen LogP contribution in [0.2, 0.25) is 0 Å². The van der Waals surface area contributed by atoms with Gasteiger partial charge in [-0.3, -0.25) is 0 Å². The number of anilines is 1. The Morgan fingerprint density at radius 3 is 2.89 bits per heavy atom. The number of aromatic nitrogens is 1. The number of nitrogens with two attached hydrogens (primary N) is 1. The molecule has 0 atom stereocenters. The minimum absolute atomic E-state index is 0.191. The first-order valence-corrected chi connectivity index (χ1v) is 6.59. The molecule has 3 N–H and O–H groups in total. The zero-order valence-electron chi connectivity index (χ0n) is 9.74. The van der Waals surface area contributed by atoms with E-state index in [1.165, 1.54) is 6.07 Å². The highest BCUT2D eigenvalue weighted by atomic mass is 32.1. The Morgan fingerprint density at radius 1 is 1.56 bits per heavy atom. The molecule has 0 amide bonds. The van der Waals surface area contributed by atoms with Gasteiger partial charge in [0.1, 0.15) is 15.8 Å². The van der Waals surface area contributed by atoms with Crippen LogP contribution >= 0.6 is 23.6 Å². The van der Waals surface area contributed by atoms with Crippen LogP contribution in [0.3, 0.4) is 0 Å². The predicted octanol–water partition coefficient (Wildman–Crippen LogP) is 2.84. The first kappa shape index (κ1) is 12.9. The summed E-state index contributed by atoms with van der Waals surface area (Å²) in [6.45, 7) is 2.43. The molecule has 0 saturated carbocycles. The van der Waals surface area contributed by atoms with E-state index < -0.39 is 0 Å². The molecular weight excluding hydrogens is 269 g/mol. The van der Waals surface area contributed by atoms with Crippen molar-refractivity contribution in [2.45, 2.75) is 13.5 Å². The van der Waals surface area contributed by atoms with Gasteiger partial charge < -0.3 is 11.1 Å². The van der Waals surface area contributed by atoms with Crippen LogP contribution < -0.4 is 11.1 Å². The van der Waals surface area contributed by atoms with E-state index in [4.69, 9.17) is 18.0 Å². The summed E-state index contributed by atoms with van der Waals surface area (Å²) in [5, 5.41) is 5.88. The standard InChI is InChI=1S/C12H12FN3S2/c1-7-6-18-11(16-7)5-15-10-3-2-8(12(14)17)4-9(10)13/h2-4,6,15H,5H2,1H3,(H2,14,17). The van der Waals surface area contributed by atoms with Crippen LogP contribution in [-0.4, -0.2) is 9.97 Å². The van der Waals surface area contributed by atoms with Crippen molar-refractivity contribution in [3.63, 3.8) is 0 Å². The topological polar surface area (TPSA) is 50.9 Å². The maximum atomic E-state index is 13.7. The van der Waals surface area contributed by atoms with Crippen molar-refractivity contribution >= 4 is 34.2 Å². The minimum Gasteiger partial charge on any atom is -0.389 e. The minimum atomic E-state index is -0.367. The SMILES string of the molecule is Cc1csc(CNc2ccc(C(N)=S)cc2F)n1. The van der Waals surface area contributed by atoms with Crippen molar-refractivity contribution in [1.29, 1.82) is 0 Å². The van der Waals surface area contributed by atoms with Crippen LogP contribution in [0.5, 0.6) is 0 Å². The van der Waals surface area contributed by atoms with E-state index in [0.717, 1.165) is 10.7 Å². The molecule has 3 nitrogen and oxygen atoms in total. The lowest BCUT2D eigenvalue weighted by Crippen LogP contribution is -2.10. The zero-order valence-corrected chi connectivity index (χ0v) is 11.4. The third kappa shape index (κ3) is 3.02. The molecule has 94 valence electrons. The second-order valence-corrected chi connectivity index (χ2v) is 5.18. The van der Waals surface area contributed by atoms with Crippen LogP contribution in [0.15, 0.2) is 23.6 Å². The van der Waals surface area contributed by atoms with E-state index >= 15 is 0 Å². The Balaban J connectivity index is 2.08. The normalized spacial score (nSPS) is 10.3. The number of hydrogen-bond acceptors (Lipinski definition) is 4. The highest BCUT2D eigenvalue weighted by Crippen LogP contribution is 2.18. The second-order valence-electron chi connectivity index (χ2n) is 3.80. The van der Waals surface area contributed by atoms with Crippen LogP contribution in [0, 0.1) is 12.7 Å². The van der Waals surface area contributed by atoms with Gasteiger partial charge in [-0.15, -0.1) is 11.3 Å². The van der Waals surface area contributed by atoms with Gasteiger partial charge in [-0.05, 0) is 25.1 Å². The zero-order chi connectivity index (χ0) is 13.1. The summed E-state index contributed by atoms with van der Waals surface area (Å²) >= 11 is 6.34. The molecule has 2 aromatic rings. The number of aryl methyl sites for hydroxylation is 1. The van der Waals surface area contributed by atoms with Gasteiger partial charge in [-0.1, -0.05) is 12.2 Å². The summed E-state index contributed by atoms with van der Waals surface area (Å²) < 4.78 is 13.7. The van der Waals surface area contributed by atoms with Crippen LogP contribution in [0.25, 0.3) is 0 Å². The summed E-state index contributed by atoms with van der Waals surface area (Å²) in [5.41, 5.74) is 7.36. The van der Waals surface area contributed by atoms with Crippen molar-refractivity contribution in [3.05, 3.63) is 45.7 Å². The molecule has 0 aliphatic heterocycles. The van der Waals surface area contributed by atoms with E-state index in [-0.39, 0.29) is 10.8 Å². The Labute approximate surface area is 114 Å². The number of benzene rings is 1. The smallest absolute Gasteiger partial charge is 0.146 e. The molecule has 1 heterocycles. The first-order chi connectivity index (χ1) is 8.56. The number of thiocarbonyl (C=S) groups is 1. The molecular formula is C12H12FN3S2. The number of hydrogen-bond donors (Lipinski definition) is 2. The molecule has 0 bridgehead atoms. The molecule has 1 aromatic heterocycles. The number of halogens is 1. The van der Waals surface area contributed by atoms with Gasteiger partial charge in [-0.2, -0.15) is 0 Å². The Hall–Kier alpha value is -1.53. The fraction of sp³-hybridized carbons (Fsp3) is 0.167. The van der Waals surface area contributed by atoms with Gasteiger partial charge in [0.25, 0.3) is 0 Å². The number of thiazole rings is 1. The van der Waals surface area contributed by atoms with Crippen molar-refractivity contribution < 1.29 is 4.39 Å². The van der Waals surface area contributed by atoms with E-state index in [2.05, 4.69) is 10.3 Å². The quantitative estimate of drug-likeness (QED) is 0.846. The van der Waals surface area contributed by atoms with Gasteiger partial charge in [0.2, 0.25) is 0 Å². The van der Waals surface area contributed by atoms with Crippen LogP contribution in [-0.2, 0) is 6.54 Å². The summed E-state index contributed by atoms with van der Waals surface area (Å²) in [5.74, 6) is -0.367. The van der Waals surface area contributed by atoms with E-state index in [0.29, 0.717) is 17.8 Å². The maximum Gasteiger partial charge on any atom is 0.146 e. The van der Waals surface area contributed by atoms with Crippen molar-refractivity contribution in [1.82, 2.24) is 4.98 Å². The van der Waals surface area contributed by atoms with Gasteiger partial charge in [0, 0.05) is 16.6 Å².